The average molecular weight is 344 g/mol. The zero-order valence-electron chi connectivity index (χ0n) is 13.4. The Bertz CT molecular complexity index is 930. The summed E-state index contributed by atoms with van der Waals surface area (Å²) >= 11 is 0. The van der Waals surface area contributed by atoms with E-state index in [4.69, 9.17) is 0 Å². The van der Waals surface area contributed by atoms with Gasteiger partial charge in [0.2, 0.25) is 0 Å². The predicted molar refractivity (Wildman–Crippen MR) is 90.5 cm³/mol. The van der Waals surface area contributed by atoms with E-state index >= 15 is 0 Å². The summed E-state index contributed by atoms with van der Waals surface area (Å²) in [6.45, 7) is 1.76. The largest absolute Gasteiger partial charge is 0.417 e. The number of fused-ring (bicyclic) bond motifs is 1. The summed E-state index contributed by atoms with van der Waals surface area (Å²) < 4.78 is 40.0. The van der Waals surface area contributed by atoms with Gasteiger partial charge in [-0.1, -0.05) is 31.2 Å². The minimum absolute atomic E-state index is 0.371. The van der Waals surface area contributed by atoms with Gasteiger partial charge in [-0.3, -0.25) is 9.78 Å². The second-order valence-corrected chi connectivity index (χ2v) is 5.57. The molecule has 2 aromatic carbocycles. The van der Waals surface area contributed by atoms with E-state index in [9.17, 15) is 18.0 Å². The molecule has 3 aromatic rings. The van der Waals surface area contributed by atoms with Crippen molar-refractivity contribution >= 4 is 22.5 Å². The first-order chi connectivity index (χ1) is 11.9. The lowest BCUT2D eigenvalue weighted by Crippen LogP contribution is -2.19. The standard InChI is InChI=1S/C19H15F3N2O/c1-2-12-8-9-14(15(11-12)19(20,21)22)18(25)24-16-7-3-5-13-6-4-10-23-17(13)16/h3-11H,2H2,1H3,(H,24,25). The Morgan fingerprint density at radius 3 is 2.60 bits per heavy atom. The first kappa shape index (κ1) is 17.0. The Balaban J connectivity index is 2.01. The molecule has 1 aromatic heterocycles. The van der Waals surface area contributed by atoms with Crippen molar-refractivity contribution in [3.05, 3.63) is 71.4 Å². The molecule has 0 radical (unpaired) electrons. The van der Waals surface area contributed by atoms with Gasteiger partial charge in [0.15, 0.2) is 0 Å². The van der Waals surface area contributed by atoms with E-state index in [1.54, 1.807) is 31.3 Å². The van der Waals surface area contributed by atoms with Crippen LogP contribution in [0.5, 0.6) is 0 Å². The topological polar surface area (TPSA) is 42.0 Å². The number of halogens is 3. The van der Waals surface area contributed by atoms with E-state index < -0.39 is 23.2 Å². The molecule has 3 rings (SSSR count). The van der Waals surface area contributed by atoms with Crippen molar-refractivity contribution < 1.29 is 18.0 Å². The monoisotopic (exact) mass is 344 g/mol. The first-order valence-electron chi connectivity index (χ1n) is 7.75. The molecule has 0 aliphatic rings. The number of pyridine rings is 1. The highest BCUT2D eigenvalue weighted by Crippen LogP contribution is 2.33. The summed E-state index contributed by atoms with van der Waals surface area (Å²) in [6, 6.07) is 12.5. The number of aromatic nitrogens is 1. The second kappa shape index (κ2) is 6.55. The third kappa shape index (κ3) is 3.47. The van der Waals surface area contributed by atoms with E-state index in [1.807, 2.05) is 12.1 Å². The number of nitrogens with zero attached hydrogens (tertiary/aromatic N) is 1. The van der Waals surface area contributed by atoms with E-state index in [2.05, 4.69) is 10.3 Å². The van der Waals surface area contributed by atoms with Gasteiger partial charge in [0.1, 0.15) is 0 Å². The third-order valence-corrected chi connectivity index (χ3v) is 3.92. The molecule has 0 saturated carbocycles. The first-order valence-corrected chi connectivity index (χ1v) is 7.75. The van der Waals surface area contributed by atoms with E-state index in [1.165, 1.54) is 12.1 Å². The number of para-hydroxylation sites is 1. The molecule has 128 valence electrons. The molecule has 0 fully saturated rings. The van der Waals surface area contributed by atoms with Gasteiger partial charge >= 0.3 is 6.18 Å². The SMILES string of the molecule is CCc1ccc(C(=O)Nc2cccc3cccnc23)c(C(F)(F)F)c1. The second-order valence-electron chi connectivity index (χ2n) is 5.57. The highest BCUT2D eigenvalue weighted by molar-refractivity contribution is 6.09. The molecule has 0 spiro atoms. The van der Waals surface area contributed by atoms with Crippen molar-refractivity contribution in [2.75, 3.05) is 5.32 Å². The van der Waals surface area contributed by atoms with E-state index in [-0.39, 0.29) is 0 Å². The molecule has 0 aliphatic heterocycles. The van der Waals surface area contributed by atoms with Crippen LogP contribution in [0.2, 0.25) is 0 Å². The quantitative estimate of drug-likeness (QED) is 0.721. The lowest BCUT2D eigenvalue weighted by molar-refractivity contribution is -0.137. The molecule has 0 atom stereocenters. The van der Waals surface area contributed by atoms with Crippen LogP contribution in [0, 0.1) is 0 Å². The number of alkyl halides is 3. The van der Waals surface area contributed by atoms with Crippen LogP contribution in [0.15, 0.2) is 54.7 Å². The highest BCUT2D eigenvalue weighted by atomic mass is 19.4. The fraction of sp³-hybridized carbons (Fsp3) is 0.158. The van der Waals surface area contributed by atoms with Crippen molar-refractivity contribution in [2.45, 2.75) is 19.5 Å². The van der Waals surface area contributed by atoms with Crippen LogP contribution in [0.1, 0.15) is 28.4 Å². The number of carbonyl (C=O) groups is 1. The number of nitrogens with one attached hydrogen (secondary N) is 1. The smallest absolute Gasteiger partial charge is 0.320 e. The van der Waals surface area contributed by atoms with Gasteiger partial charge in [-0.2, -0.15) is 13.2 Å². The number of benzene rings is 2. The summed E-state index contributed by atoms with van der Waals surface area (Å²) in [5.74, 6) is -0.812. The molecular formula is C19H15F3N2O. The van der Waals surface area contributed by atoms with Crippen LogP contribution in [-0.2, 0) is 12.6 Å². The maximum atomic E-state index is 13.3. The fourth-order valence-corrected chi connectivity index (χ4v) is 2.64. The van der Waals surface area contributed by atoms with Crippen LogP contribution in [0.4, 0.5) is 18.9 Å². The van der Waals surface area contributed by atoms with Gasteiger partial charge in [-0.25, -0.2) is 0 Å². The molecule has 25 heavy (non-hydrogen) atoms. The van der Waals surface area contributed by atoms with Gasteiger partial charge in [0, 0.05) is 11.6 Å². The maximum absolute atomic E-state index is 13.3. The normalized spacial score (nSPS) is 11.5. The minimum atomic E-state index is -4.60. The van der Waals surface area contributed by atoms with Crippen LogP contribution >= 0.6 is 0 Å². The molecule has 0 unspecified atom stereocenters. The molecule has 0 aliphatic carbocycles. The number of rotatable bonds is 3. The maximum Gasteiger partial charge on any atom is 0.417 e. The Morgan fingerprint density at radius 2 is 1.88 bits per heavy atom. The number of hydrogen-bond donors (Lipinski definition) is 1. The highest BCUT2D eigenvalue weighted by Gasteiger charge is 2.35. The van der Waals surface area contributed by atoms with Crippen LogP contribution in [0.25, 0.3) is 10.9 Å². The van der Waals surface area contributed by atoms with Crippen molar-refractivity contribution in [1.82, 2.24) is 4.98 Å². The predicted octanol–water partition coefficient (Wildman–Crippen LogP) is 5.07. The fourth-order valence-electron chi connectivity index (χ4n) is 2.64. The van der Waals surface area contributed by atoms with Crippen LogP contribution in [-0.4, -0.2) is 10.9 Å². The van der Waals surface area contributed by atoms with Crippen LogP contribution in [0.3, 0.4) is 0 Å². The Labute approximate surface area is 142 Å². The summed E-state index contributed by atoms with van der Waals surface area (Å²) in [7, 11) is 0. The van der Waals surface area contributed by atoms with Crippen molar-refractivity contribution in [2.24, 2.45) is 0 Å². The molecule has 1 heterocycles. The van der Waals surface area contributed by atoms with Gasteiger partial charge in [-0.05, 0) is 36.2 Å². The molecule has 1 amide bonds. The number of amides is 1. The minimum Gasteiger partial charge on any atom is -0.320 e. The molecule has 1 N–H and O–H groups in total. The molecule has 0 bridgehead atoms. The Morgan fingerprint density at radius 1 is 1.12 bits per heavy atom. The summed E-state index contributed by atoms with van der Waals surface area (Å²) in [5, 5.41) is 3.34. The number of carbonyl (C=O) groups excluding carboxylic acids is 1. The van der Waals surface area contributed by atoms with Crippen molar-refractivity contribution in [3.8, 4) is 0 Å². The molecular weight excluding hydrogens is 329 g/mol. The van der Waals surface area contributed by atoms with E-state index in [0.717, 1.165) is 11.5 Å². The van der Waals surface area contributed by atoms with Gasteiger partial charge in [0.25, 0.3) is 5.91 Å². The Hall–Kier alpha value is -2.89. The average Bonchev–Trinajstić information content (AvgIpc) is 2.60. The Kier molecular flexibility index (Phi) is 4.44. The van der Waals surface area contributed by atoms with Crippen molar-refractivity contribution in [1.29, 1.82) is 0 Å². The summed E-state index contributed by atoms with van der Waals surface area (Å²) in [4.78, 5) is 16.7. The lowest BCUT2D eigenvalue weighted by atomic mass is 10.0. The third-order valence-electron chi connectivity index (χ3n) is 3.92. The lowest BCUT2D eigenvalue weighted by Gasteiger charge is -2.15. The zero-order valence-corrected chi connectivity index (χ0v) is 13.4. The molecule has 3 nitrogen and oxygen atoms in total. The molecule has 6 heteroatoms. The van der Waals surface area contributed by atoms with Gasteiger partial charge in [-0.15, -0.1) is 0 Å². The van der Waals surface area contributed by atoms with Gasteiger partial charge in [0.05, 0.1) is 22.3 Å². The molecule has 0 saturated heterocycles. The van der Waals surface area contributed by atoms with Crippen molar-refractivity contribution in [3.63, 3.8) is 0 Å². The summed E-state index contributed by atoms with van der Waals surface area (Å²) in [6.07, 6.45) is -2.58. The number of aryl methyl sites for hydroxylation is 1. The van der Waals surface area contributed by atoms with Crippen LogP contribution < -0.4 is 5.32 Å². The number of hydrogen-bond acceptors (Lipinski definition) is 2. The summed E-state index contributed by atoms with van der Waals surface area (Å²) in [5.41, 5.74) is 0.0822. The number of anilines is 1. The van der Waals surface area contributed by atoms with Gasteiger partial charge < -0.3 is 5.32 Å². The zero-order chi connectivity index (χ0) is 18.0. The van der Waals surface area contributed by atoms with E-state index in [0.29, 0.717) is 23.2 Å².